The number of benzene rings is 2. The van der Waals surface area contributed by atoms with E-state index < -0.39 is 11.8 Å². The second kappa shape index (κ2) is 8.54. The Bertz CT molecular complexity index is 942. The molecule has 0 unspecified atom stereocenters. The van der Waals surface area contributed by atoms with E-state index in [1.54, 1.807) is 12.1 Å². The number of esters is 1. The minimum Gasteiger partial charge on any atom is -0.455 e. The van der Waals surface area contributed by atoms with Crippen LogP contribution in [-0.2, 0) is 22.7 Å². The summed E-state index contributed by atoms with van der Waals surface area (Å²) >= 11 is 3.32. The molecule has 0 aliphatic heterocycles. The van der Waals surface area contributed by atoms with Crippen LogP contribution in [0.2, 0.25) is 0 Å². The Balaban J connectivity index is 1.50. The van der Waals surface area contributed by atoms with Gasteiger partial charge >= 0.3 is 5.97 Å². The van der Waals surface area contributed by atoms with Crippen molar-refractivity contribution in [2.45, 2.75) is 13.2 Å². The summed E-state index contributed by atoms with van der Waals surface area (Å²) in [6.07, 6.45) is 1.51. The number of ether oxygens (including phenoxy) is 1. The first kappa shape index (κ1) is 18.7. The minimum atomic E-state index is -0.600. The zero-order valence-electron chi connectivity index (χ0n) is 13.9. The van der Waals surface area contributed by atoms with E-state index in [4.69, 9.17) is 4.74 Å². The molecule has 0 radical (unpaired) electrons. The van der Waals surface area contributed by atoms with Crippen molar-refractivity contribution < 1.29 is 18.7 Å². The summed E-state index contributed by atoms with van der Waals surface area (Å²) in [5, 5.41) is 10.4. The Morgan fingerprint density at radius 3 is 2.52 bits per heavy atom. The molecule has 2 aromatic carbocycles. The number of carbonyl (C=O) groups is 2. The maximum Gasteiger partial charge on any atom is 0.338 e. The molecule has 1 aromatic heterocycles. The number of hydrogen-bond acceptors (Lipinski definition) is 5. The van der Waals surface area contributed by atoms with Crippen LogP contribution in [0.25, 0.3) is 0 Å². The third-order valence-corrected chi connectivity index (χ3v) is 3.98. The lowest BCUT2D eigenvalue weighted by Gasteiger charge is -2.05. The van der Waals surface area contributed by atoms with Crippen LogP contribution in [-0.4, -0.2) is 26.9 Å². The lowest BCUT2D eigenvalue weighted by Crippen LogP contribution is -2.19. The summed E-state index contributed by atoms with van der Waals surface area (Å²) in [6, 6.07) is 12.2. The standard InChI is InChI=1S/C18H14BrFN4O3/c19-13-3-7-15(8-4-13)21-17(25)10-24-9-16(22-23-24)11-27-18(26)12-1-5-14(20)6-2-12/h1-9H,10-11H2,(H,21,25). The highest BCUT2D eigenvalue weighted by molar-refractivity contribution is 9.10. The predicted octanol–water partition coefficient (Wildman–Crippen LogP) is 3.18. The molecule has 0 atom stereocenters. The van der Waals surface area contributed by atoms with E-state index in [1.165, 1.54) is 35.1 Å². The maximum atomic E-state index is 12.9. The maximum absolute atomic E-state index is 12.9. The van der Waals surface area contributed by atoms with E-state index in [2.05, 4.69) is 31.6 Å². The van der Waals surface area contributed by atoms with Crippen molar-refractivity contribution in [2.24, 2.45) is 0 Å². The van der Waals surface area contributed by atoms with Crippen molar-refractivity contribution in [1.29, 1.82) is 0 Å². The van der Waals surface area contributed by atoms with Gasteiger partial charge in [-0.2, -0.15) is 0 Å². The Morgan fingerprint density at radius 1 is 1.11 bits per heavy atom. The van der Waals surface area contributed by atoms with Crippen molar-refractivity contribution >= 4 is 33.5 Å². The first-order chi connectivity index (χ1) is 13.0. The Kier molecular flexibility index (Phi) is 5.92. The zero-order valence-corrected chi connectivity index (χ0v) is 15.5. The Morgan fingerprint density at radius 2 is 1.81 bits per heavy atom. The summed E-state index contributed by atoms with van der Waals surface area (Å²) in [4.78, 5) is 23.9. The molecule has 3 aromatic rings. The van der Waals surface area contributed by atoms with Crippen molar-refractivity contribution in [2.75, 3.05) is 5.32 Å². The molecule has 1 N–H and O–H groups in total. The summed E-state index contributed by atoms with van der Waals surface area (Å²) in [7, 11) is 0. The van der Waals surface area contributed by atoms with Crippen LogP contribution >= 0.6 is 15.9 Å². The SMILES string of the molecule is O=C(Cn1cc(COC(=O)c2ccc(F)cc2)nn1)Nc1ccc(Br)cc1. The van der Waals surface area contributed by atoms with Crippen molar-refractivity contribution in [3.63, 3.8) is 0 Å². The number of aromatic nitrogens is 3. The van der Waals surface area contributed by atoms with Crippen molar-refractivity contribution in [3.05, 3.63) is 76.3 Å². The van der Waals surface area contributed by atoms with E-state index in [1.807, 2.05) is 12.1 Å². The first-order valence-corrected chi connectivity index (χ1v) is 8.66. The predicted molar refractivity (Wildman–Crippen MR) is 98.3 cm³/mol. The fourth-order valence-electron chi connectivity index (χ4n) is 2.17. The largest absolute Gasteiger partial charge is 0.455 e. The molecular weight excluding hydrogens is 419 g/mol. The fourth-order valence-corrected chi connectivity index (χ4v) is 2.44. The highest BCUT2D eigenvalue weighted by Gasteiger charge is 2.11. The third-order valence-electron chi connectivity index (χ3n) is 3.45. The minimum absolute atomic E-state index is 0.0328. The van der Waals surface area contributed by atoms with Gasteiger partial charge < -0.3 is 10.1 Å². The third kappa shape index (κ3) is 5.45. The molecule has 0 bridgehead atoms. The number of halogens is 2. The quantitative estimate of drug-likeness (QED) is 0.604. The number of nitrogens with zero attached hydrogens (tertiary/aromatic N) is 3. The monoisotopic (exact) mass is 432 g/mol. The number of rotatable bonds is 6. The number of nitrogens with one attached hydrogen (secondary N) is 1. The van der Waals surface area contributed by atoms with Gasteiger partial charge in [0, 0.05) is 10.2 Å². The van der Waals surface area contributed by atoms with Gasteiger partial charge in [0.05, 0.1) is 11.8 Å². The highest BCUT2D eigenvalue weighted by atomic mass is 79.9. The second-order valence-electron chi connectivity index (χ2n) is 5.55. The molecule has 1 amide bonds. The van der Waals surface area contributed by atoms with Gasteiger partial charge in [0.1, 0.15) is 24.7 Å². The van der Waals surface area contributed by atoms with Crippen LogP contribution in [0.15, 0.2) is 59.2 Å². The molecule has 0 saturated heterocycles. The van der Waals surface area contributed by atoms with Crippen LogP contribution in [0, 0.1) is 5.82 Å². The molecule has 138 valence electrons. The van der Waals surface area contributed by atoms with Gasteiger partial charge in [0.15, 0.2) is 0 Å². The van der Waals surface area contributed by atoms with Gasteiger partial charge in [-0.3, -0.25) is 4.79 Å². The van der Waals surface area contributed by atoms with E-state index in [0.717, 1.165) is 4.47 Å². The van der Waals surface area contributed by atoms with Crippen LogP contribution < -0.4 is 5.32 Å². The molecule has 0 saturated carbocycles. The number of amides is 1. The van der Waals surface area contributed by atoms with Crippen molar-refractivity contribution in [1.82, 2.24) is 15.0 Å². The molecule has 0 aliphatic carbocycles. The van der Waals surface area contributed by atoms with Gasteiger partial charge in [0.2, 0.25) is 5.91 Å². The topological polar surface area (TPSA) is 86.1 Å². The molecule has 27 heavy (non-hydrogen) atoms. The van der Waals surface area contributed by atoms with Crippen LogP contribution in [0.5, 0.6) is 0 Å². The smallest absolute Gasteiger partial charge is 0.338 e. The molecule has 1 heterocycles. The van der Waals surface area contributed by atoms with Gasteiger partial charge in [-0.15, -0.1) is 5.10 Å². The van der Waals surface area contributed by atoms with Crippen LogP contribution in [0.3, 0.4) is 0 Å². The molecule has 0 spiro atoms. The number of anilines is 1. The van der Waals surface area contributed by atoms with E-state index in [-0.39, 0.29) is 24.6 Å². The lowest BCUT2D eigenvalue weighted by molar-refractivity contribution is -0.116. The summed E-state index contributed by atoms with van der Waals surface area (Å²) < 4.78 is 20.2. The average molecular weight is 433 g/mol. The average Bonchev–Trinajstić information content (AvgIpc) is 3.09. The van der Waals surface area contributed by atoms with Crippen LogP contribution in [0.4, 0.5) is 10.1 Å². The number of hydrogen-bond donors (Lipinski definition) is 1. The summed E-state index contributed by atoms with van der Waals surface area (Å²) in [6.45, 7) is -0.139. The van der Waals surface area contributed by atoms with Gasteiger partial charge in [-0.1, -0.05) is 21.1 Å². The second-order valence-corrected chi connectivity index (χ2v) is 6.46. The lowest BCUT2D eigenvalue weighted by atomic mass is 10.2. The molecular formula is C18H14BrFN4O3. The first-order valence-electron chi connectivity index (χ1n) is 7.87. The van der Waals surface area contributed by atoms with E-state index in [9.17, 15) is 14.0 Å². The van der Waals surface area contributed by atoms with Gasteiger partial charge in [-0.25, -0.2) is 13.9 Å². The molecule has 7 nitrogen and oxygen atoms in total. The van der Waals surface area contributed by atoms with Crippen molar-refractivity contribution in [3.8, 4) is 0 Å². The van der Waals surface area contributed by atoms with Gasteiger partial charge in [0.25, 0.3) is 0 Å². The van der Waals surface area contributed by atoms with E-state index >= 15 is 0 Å². The molecule has 0 fully saturated rings. The zero-order chi connectivity index (χ0) is 19.2. The Labute approximate surface area is 162 Å². The normalized spacial score (nSPS) is 10.4. The Hall–Kier alpha value is -3.07. The summed E-state index contributed by atoms with van der Waals surface area (Å²) in [5.74, 6) is -1.30. The van der Waals surface area contributed by atoms with Gasteiger partial charge in [-0.05, 0) is 48.5 Å². The highest BCUT2D eigenvalue weighted by Crippen LogP contribution is 2.14. The van der Waals surface area contributed by atoms with E-state index in [0.29, 0.717) is 11.4 Å². The fraction of sp³-hybridized carbons (Fsp3) is 0.111. The molecule has 0 aliphatic rings. The van der Waals surface area contributed by atoms with Crippen LogP contribution in [0.1, 0.15) is 16.1 Å². The molecule has 3 rings (SSSR count). The molecule has 9 heteroatoms. The summed E-state index contributed by atoms with van der Waals surface area (Å²) in [5.41, 5.74) is 1.29. The number of carbonyl (C=O) groups excluding carboxylic acids is 2.